The van der Waals surface area contributed by atoms with Crippen molar-refractivity contribution in [1.82, 2.24) is 10.6 Å². The predicted octanol–water partition coefficient (Wildman–Crippen LogP) is 0.281. The molecule has 0 unspecified atom stereocenters. The average molecular weight is 200 g/mol. The zero-order chi connectivity index (χ0) is 10.2. The molecule has 1 amide bonds. The molecule has 0 aromatic heterocycles. The van der Waals surface area contributed by atoms with E-state index in [0.29, 0.717) is 19.1 Å². The lowest BCUT2D eigenvalue weighted by Crippen LogP contribution is -2.36. The van der Waals surface area contributed by atoms with E-state index in [1.807, 2.05) is 6.92 Å². The molecule has 4 nitrogen and oxygen atoms in total. The van der Waals surface area contributed by atoms with Gasteiger partial charge >= 0.3 is 0 Å². The molecule has 1 rings (SSSR count). The summed E-state index contributed by atoms with van der Waals surface area (Å²) in [6.45, 7) is 5.31. The minimum Gasteiger partial charge on any atom is -0.382 e. The van der Waals surface area contributed by atoms with E-state index in [0.717, 1.165) is 32.5 Å². The first-order valence-corrected chi connectivity index (χ1v) is 5.40. The molecular weight excluding hydrogens is 180 g/mol. The van der Waals surface area contributed by atoms with Crippen molar-refractivity contribution < 1.29 is 9.53 Å². The Kier molecular flexibility index (Phi) is 5.56. The Morgan fingerprint density at radius 2 is 2.50 bits per heavy atom. The highest BCUT2D eigenvalue weighted by Gasteiger charge is 2.15. The second kappa shape index (κ2) is 6.79. The topological polar surface area (TPSA) is 50.4 Å². The Morgan fingerprint density at radius 3 is 3.14 bits per heavy atom. The van der Waals surface area contributed by atoms with Crippen LogP contribution in [-0.4, -0.2) is 38.3 Å². The number of ether oxygens (including phenoxy) is 1. The Bertz CT molecular complexity index is 168. The van der Waals surface area contributed by atoms with E-state index < -0.39 is 0 Å². The molecule has 0 radical (unpaired) electrons. The summed E-state index contributed by atoms with van der Waals surface area (Å²) in [7, 11) is 0. The van der Waals surface area contributed by atoms with Gasteiger partial charge in [-0.15, -0.1) is 0 Å². The van der Waals surface area contributed by atoms with Crippen LogP contribution in [0.1, 0.15) is 26.2 Å². The molecule has 0 aromatic carbocycles. The van der Waals surface area contributed by atoms with Gasteiger partial charge in [-0.3, -0.25) is 4.79 Å². The third kappa shape index (κ3) is 4.58. The first kappa shape index (κ1) is 11.5. The molecule has 1 aliphatic rings. The Labute approximate surface area is 85.4 Å². The van der Waals surface area contributed by atoms with Gasteiger partial charge in [0.15, 0.2) is 0 Å². The molecule has 1 aliphatic heterocycles. The fourth-order valence-electron chi connectivity index (χ4n) is 1.56. The number of carbonyl (C=O) groups excluding carboxylic acids is 1. The SMILES string of the molecule is CCOCCCC(=O)N[C@@H]1CCNC1. The first-order chi connectivity index (χ1) is 6.83. The minimum atomic E-state index is 0.151. The van der Waals surface area contributed by atoms with E-state index in [-0.39, 0.29) is 5.91 Å². The van der Waals surface area contributed by atoms with Gasteiger partial charge in [0.1, 0.15) is 0 Å². The molecule has 0 aromatic rings. The largest absolute Gasteiger partial charge is 0.382 e. The third-order valence-corrected chi connectivity index (χ3v) is 2.32. The van der Waals surface area contributed by atoms with Gasteiger partial charge in [-0.2, -0.15) is 0 Å². The number of rotatable bonds is 6. The van der Waals surface area contributed by atoms with Gasteiger partial charge in [0.25, 0.3) is 0 Å². The van der Waals surface area contributed by atoms with E-state index in [1.165, 1.54) is 0 Å². The molecule has 0 bridgehead atoms. The lowest BCUT2D eigenvalue weighted by Gasteiger charge is -2.10. The normalized spacial score (nSPS) is 21.1. The number of nitrogens with one attached hydrogen (secondary N) is 2. The molecule has 0 aliphatic carbocycles. The fraction of sp³-hybridized carbons (Fsp3) is 0.900. The minimum absolute atomic E-state index is 0.151. The molecule has 4 heteroatoms. The highest BCUT2D eigenvalue weighted by atomic mass is 16.5. The Hall–Kier alpha value is -0.610. The first-order valence-electron chi connectivity index (χ1n) is 5.40. The maximum atomic E-state index is 11.4. The van der Waals surface area contributed by atoms with Gasteiger partial charge in [-0.05, 0) is 26.3 Å². The number of hydrogen-bond acceptors (Lipinski definition) is 3. The van der Waals surface area contributed by atoms with Crippen LogP contribution in [-0.2, 0) is 9.53 Å². The van der Waals surface area contributed by atoms with Gasteiger partial charge in [0.05, 0.1) is 0 Å². The van der Waals surface area contributed by atoms with Crippen molar-refractivity contribution in [2.75, 3.05) is 26.3 Å². The Balaban J connectivity index is 1.98. The summed E-state index contributed by atoms with van der Waals surface area (Å²) < 4.78 is 5.16. The monoisotopic (exact) mass is 200 g/mol. The van der Waals surface area contributed by atoms with Crippen LogP contribution in [0.3, 0.4) is 0 Å². The van der Waals surface area contributed by atoms with Gasteiger partial charge in [-0.1, -0.05) is 0 Å². The molecule has 1 heterocycles. The molecular formula is C10H20N2O2. The van der Waals surface area contributed by atoms with Crippen LogP contribution in [0.2, 0.25) is 0 Å². The molecule has 2 N–H and O–H groups in total. The van der Waals surface area contributed by atoms with Crippen LogP contribution in [0.4, 0.5) is 0 Å². The highest BCUT2D eigenvalue weighted by molar-refractivity contribution is 5.76. The van der Waals surface area contributed by atoms with Crippen LogP contribution >= 0.6 is 0 Å². The summed E-state index contributed by atoms with van der Waals surface area (Å²) in [5, 5.41) is 6.21. The summed E-state index contributed by atoms with van der Waals surface area (Å²) in [5.74, 6) is 0.151. The summed E-state index contributed by atoms with van der Waals surface area (Å²) >= 11 is 0. The fourth-order valence-corrected chi connectivity index (χ4v) is 1.56. The van der Waals surface area contributed by atoms with E-state index in [2.05, 4.69) is 10.6 Å². The quantitative estimate of drug-likeness (QED) is 0.606. The van der Waals surface area contributed by atoms with Gasteiger partial charge in [0.2, 0.25) is 5.91 Å². The summed E-state index contributed by atoms with van der Waals surface area (Å²) in [5.41, 5.74) is 0. The molecule has 1 fully saturated rings. The lowest BCUT2D eigenvalue weighted by atomic mass is 10.2. The number of amides is 1. The zero-order valence-corrected chi connectivity index (χ0v) is 8.84. The van der Waals surface area contributed by atoms with E-state index in [1.54, 1.807) is 0 Å². The highest BCUT2D eigenvalue weighted by Crippen LogP contribution is 1.98. The van der Waals surface area contributed by atoms with E-state index >= 15 is 0 Å². The maximum Gasteiger partial charge on any atom is 0.220 e. The third-order valence-electron chi connectivity index (χ3n) is 2.32. The van der Waals surface area contributed by atoms with Gasteiger partial charge in [0, 0.05) is 32.2 Å². The lowest BCUT2D eigenvalue weighted by molar-refractivity contribution is -0.122. The molecule has 14 heavy (non-hydrogen) atoms. The van der Waals surface area contributed by atoms with Gasteiger partial charge < -0.3 is 15.4 Å². The summed E-state index contributed by atoms with van der Waals surface area (Å²) in [6.07, 6.45) is 2.45. The second-order valence-electron chi connectivity index (χ2n) is 3.56. The van der Waals surface area contributed by atoms with Crippen molar-refractivity contribution in [3.63, 3.8) is 0 Å². The van der Waals surface area contributed by atoms with Crippen molar-refractivity contribution in [3.8, 4) is 0 Å². The van der Waals surface area contributed by atoms with Gasteiger partial charge in [-0.25, -0.2) is 0 Å². The summed E-state index contributed by atoms with van der Waals surface area (Å²) in [4.78, 5) is 11.4. The number of carbonyl (C=O) groups is 1. The van der Waals surface area contributed by atoms with Crippen LogP contribution in [0, 0.1) is 0 Å². The maximum absolute atomic E-state index is 11.4. The van der Waals surface area contributed by atoms with E-state index in [4.69, 9.17) is 4.74 Å². The van der Waals surface area contributed by atoms with E-state index in [9.17, 15) is 4.79 Å². The van der Waals surface area contributed by atoms with Crippen molar-refractivity contribution in [2.45, 2.75) is 32.2 Å². The average Bonchev–Trinajstić information content (AvgIpc) is 2.65. The van der Waals surface area contributed by atoms with Crippen LogP contribution in [0.15, 0.2) is 0 Å². The molecule has 1 saturated heterocycles. The number of hydrogen-bond donors (Lipinski definition) is 2. The predicted molar refractivity (Wildman–Crippen MR) is 55.1 cm³/mol. The van der Waals surface area contributed by atoms with Crippen LogP contribution < -0.4 is 10.6 Å². The smallest absolute Gasteiger partial charge is 0.220 e. The summed E-state index contributed by atoms with van der Waals surface area (Å²) in [6, 6.07) is 0.342. The van der Waals surface area contributed by atoms with Crippen LogP contribution in [0.5, 0.6) is 0 Å². The van der Waals surface area contributed by atoms with Crippen molar-refractivity contribution in [2.24, 2.45) is 0 Å². The molecule has 0 saturated carbocycles. The van der Waals surface area contributed by atoms with Crippen molar-refractivity contribution in [3.05, 3.63) is 0 Å². The Morgan fingerprint density at radius 1 is 1.64 bits per heavy atom. The van der Waals surface area contributed by atoms with Crippen molar-refractivity contribution >= 4 is 5.91 Å². The standard InChI is InChI=1S/C10H20N2O2/c1-2-14-7-3-4-10(13)12-9-5-6-11-8-9/h9,11H,2-8H2,1H3,(H,12,13)/t9-/m1/s1. The molecule has 1 atom stereocenters. The van der Waals surface area contributed by atoms with Crippen LogP contribution in [0.25, 0.3) is 0 Å². The second-order valence-corrected chi connectivity index (χ2v) is 3.56. The molecule has 82 valence electrons. The van der Waals surface area contributed by atoms with Crippen molar-refractivity contribution in [1.29, 1.82) is 0 Å². The zero-order valence-electron chi connectivity index (χ0n) is 8.84. The molecule has 0 spiro atoms.